The van der Waals surface area contributed by atoms with E-state index in [2.05, 4.69) is 15.0 Å². The van der Waals surface area contributed by atoms with Crippen LogP contribution in [0.25, 0.3) is 22.8 Å². The molecule has 0 saturated heterocycles. The fourth-order valence-corrected chi connectivity index (χ4v) is 3.74. The number of alkyl halides is 3. The number of carbonyl (C=O) groups is 1. The fourth-order valence-electron chi connectivity index (χ4n) is 3.53. The average molecular weight is 496 g/mol. The van der Waals surface area contributed by atoms with Crippen molar-refractivity contribution in [1.29, 1.82) is 0 Å². The number of benzene rings is 2. The van der Waals surface area contributed by atoms with Crippen molar-refractivity contribution in [3.05, 3.63) is 68.8 Å². The Kier molecular flexibility index (Phi) is 7.26. The van der Waals surface area contributed by atoms with Crippen LogP contribution in [-0.2, 0) is 11.2 Å². The van der Waals surface area contributed by atoms with E-state index < -0.39 is 35.3 Å². The van der Waals surface area contributed by atoms with Gasteiger partial charge in [0.05, 0.1) is 11.4 Å². The summed E-state index contributed by atoms with van der Waals surface area (Å²) in [5.74, 6) is -0.719. The first-order valence-corrected chi connectivity index (χ1v) is 10.8. The number of hydrogen-bond donors (Lipinski definition) is 1. The van der Waals surface area contributed by atoms with Crippen molar-refractivity contribution in [2.75, 3.05) is 0 Å². The van der Waals surface area contributed by atoms with E-state index in [0.717, 1.165) is 0 Å². The topological polar surface area (TPSA) is 75.7 Å². The standard InChI is InChI=1S/C24H22ClF4N3O2/c1-13-10-15(6-8-18(13)26)20-30-21(32-22(34)31-20)16-11-14(4-7-17(16)25)5-9-19(33)23(2,3)12-24(27,28)29/h4,6-8,10-11H,5,9,12H2,1-3H3,(H,30,31,32,34). The summed E-state index contributed by atoms with van der Waals surface area (Å²) in [6, 6.07) is 9.04. The number of hydrogen-bond acceptors (Lipinski definition) is 4. The smallest absolute Gasteiger partial charge is 0.299 e. The summed E-state index contributed by atoms with van der Waals surface area (Å²) in [7, 11) is 0. The Morgan fingerprint density at radius 1 is 1.09 bits per heavy atom. The van der Waals surface area contributed by atoms with Crippen molar-refractivity contribution < 1.29 is 22.4 Å². The third kappa shape index (κ3) is 6.28. The Balaban J connectivity index is 1.88. The van der Waals surface area contributed by atoms with Gasteiger partial charge < -0.3 is 0 Å². The van der Waals surface area contributed by atoms with Crippen LogP contribution in [0.1, 0.15) is 37.8 Å². The molecule has 5 nitrogen and oxygen atoms in total. The summed E-state index contributed by atoms with van der Waals surface area (Å²) in [6.45, 7) is 4.13. The second-order valence-electron chi connectivity index (χ2n) is 8.70. The van der Waals surface area contributed by atoms with Crippen LogP contribution < -0.4 is 5.69 Å². The second-order valence-corrected chi connectivity index (χ2v) is 9.11. The minimum atomic E-state index is -4.44. The molecule has 0 radical (unpaired) electrons. The van der Waals surface area contributed by atoms with Crippen LogP contribution in [0.5, 0.6) is 0 Å². The van der Waals surface area contributed by atoms with Gasteiger partial charge in [-0.1, -0.05) is 31.5 Å². The van der Waals surface area contributed by atoms with Crippen LogP contribution in [0, 0.1) is 18.2 Å². The number of halogens is 5. The van der Waals surface area contributed by atoms with Crippen LogP contribution in [-0.4, -0.2) is 26.9 Å². The molecule has 0 aliphatic heterocycles. The van der Waals surface area contributed by atoms with Gasteiger partial charge >= 0.3 is 11.9 Å². The van der Waals surface area contributed by atoms with Crippen molar-refractivity contribution in [3.8, 4) is 22.8 Å². The number of aryl methyl sites for hydroxylation is 2. The molecule has 0 spiro atoms. The van der Waals surface area contributed by atoms with E-state index in [4.69, 9.17) is 11.6 Å². The quantitative estimate of drug-likeness (QED) is 0.403. The van der Waals surface area contributed by atoms with E-state index in [1.807, 2.05) is 0 Å². The number of nitrogens with zero attached hydrogens (tertiary/aromatic N) is 2. The van der Waals surface area contributed by atoms with Crippen LogP contribution in [0.4, 0.5) is 17.6 Å². The highest BCUT2D eigenvalue weighted by Gasteiger charge is 2.40. The first kappa shape index (κ1) is 25.6. The maximum absolute atomic E-state index is 13.6. The van der Waals surface area contributed by atoms with Crippen molar-refractivity contribution in [2.24, 2.45) is 5.41 Å². The highest BCUT2D eigenvalue weighted by molar-refractivity contribution is 6.33. The number of nitrogens with one attached hydrogen (secondary N) is 1. The predicted octanol–water partition coefficient (Wildman–Crippen LogP) is 6.08. The maximum atomic E-state index is 13.6. The SMILES string of the molecule is Cc1cc(-c2nc(-c3cc(CCC(=O)C(C)(C)CC(F)(F)F)ccc3Cl)[nH]c(=O)n2)ccc1F. The molecular weight excluding hydrogens is 474 g/mol. The molecule has 0 atom stereocenters. The lowest BCUT2D eigenvalue weighted by Gasteiger charge is -2.24. The molecule has 0 unspecified atom stereocenters. The normalized spacial score (nSPS) is 12.1. The summed E-state index contributed by atoms with van der Waals surface area (Å²) in [5.41, 5.74) is -0.423. The summed E-state index contributed by atoms with van der Waals surface area (Å²) in [6.07, 6.45) is -5.54. The van der Waals surface area contributed by atoms with Gasteiger partial charge in [0.1, 0.15) is 17.4 Å². The Morgan fingerprint density at radius 2 is 1.79 bits per heavy atom. The van der Waals surface area contributed by atoms with Gasteiger partial charge in [0.15, 0.2) is 5.82 Å². The lowest BCUT2D eigenvalue weighted by atomic mass is 9.82. The monoisotopic (exact) mass is 495 g/mol. The molecule has 2 aromatic carbocycles. The highest BCUT2D eigenvalue weighted by Crippen LogP contribution is 2.35. The van der Waals surface area contributed by atoms with E-state index in [9.17, 15) is 27.2 Å². The third-order valence-corrected chi connectivity index (χ3v) is 5.72. The molecule has 0 aliphatic rings. The molecule has 1 aromatic heterocycles. The number of H-pyrrole nitrogens is 1. The molecule has 0 fully saturated rings. The van der Waals surface area contributed by atoms with E-state index >= 15 is 0 Å². The van der Waals surface area contributed by atoms with Gasteiger partial charge in [-0.25, -0.2) is 14.2 Å². The van der Waals surface area contributed by atoms with Gasteiger partial charge in [-0.05, 0) is 54.8 Å². The molecule has 3 aromatic rings. The minimum Gasteiger partial charge on any atom is -0.299 e. The zero-order valence-corrected chi connectivity index (χ0v) is 19.4. The van der Waals surface area contributed by atoms with Crippen LogP contribution in [0.2, 0.25) is 5.02 Å². The van der Waals surface area contributed by atoms with Gasteiger partial charge in [0.2, 0.25) is 0 Å². The molecule has 1 heterocycles. The van der Waals surface area contributed by atoms with E-state index in [0.29, 0.717) is 22.3 Å². The molecule has 0 aliphatic carbocycles. The van der Waals surface area contributed by atoms with Crippen molar-refractivity contribution in [1.82, 2.24) is 15.0 Å². The molecule has 10 heteroatoms. The summed E-state index contributed by atoms with van der Waals surface area (Å²) >= 11 is 6.31. The summed E-state index contributed by atoms with van der Waals surface area (Å²) in [5, 5.41) is 0.267. The molecule has 34 heavy (non-hydrogen) atoms. The maximum Gasteiger partial charge on any atom is 0.390 e. The zero-order chi connectivity index (χ0) is 25.3. The first-order chi connectivity index (χ1) is 15.7. The van der Waals surface area contributed by atoms with Crippen molar-refractivity contribution in [2.45, 2.75) is 46.2 Å². The Bertz CT molecular complexity index is 1290. The van der Waals surface area contributed by atoms with Gasteiger partial charge in [0.25, 0.3) is 0 Å². The second kappa shape index (κ2) is 9.66. The lowest BCUT2D eigenvalue weighted by molar-refractivity contribution is -0.163. The van der Waals surface area contributed by atoms with E-state index in [-0.39, 0.29) is 29.5 Å². The minimum absolute atomic E-state index is 0.0763. The Labute approximate surface area is 198 Å². The Morgan fingerprint density at radius 3 is 2.44 bits per heavy atom. The van der Waals surface area contributed by atoms with Gasteiger partial charge in [-0.3, -0.25) is 9.78 Å². The van der Waals surface area contributed by atoms with Crippen molar-refractivity contribution >= 4 is 17.4 Å². The molecule has 3 rings (SSSR count). The summed E-state index contributed by atoms with van der Waals surface area (Å²) in [4.78, 5) is 35.3. The van der Waals surface area contributed by atoms with Crippen LogP contribution in [0.3, 0.4) is 0 Å². The molecule has 1 N–H and O–H groups in total. The summed E-state index contributed by atoms with van der Waals surface area (Å²) < 4.78 is 51.9. The zero-order valence-electron chi connectivity index (χ0n) is 18.7. The first-order valence-electron chi connectivity index (χ1n) is 10.4. The number of rotatable bonds is 7. The van der Waals surface area contributed by atoms with Crippen LogP contribution >= 0.6 is 11.6 Å². The molecule has 0 bridgehead atoms. The van der Waals surface area contributed by atoms with Gasteiger partial charge in [0, 0.05) is 23.0 Å². The third-order valence-electron chi connectivity index (χ3n) is 5.39. The lowest BCUT2D eigenvalue weighted by Crippen LogP contribution is -2.30. The fraction of sp³-hybridized carbons (Fsp3) is 0.333. The van der Waals surface area contributed by atoms with E-state index in [1.165, 1.54) is 32.0 Å². The van der Waals surface area contributed by atoms with Gasteiger partial charge in [-0.15, -0.1) is 0 Å². The number of Topliss-reactive ketones (excluding diaryl/α,β-unsaturated/α-hetero) is 1. The average Bonchev–Trinajstić information content (AvgIpc) is 2.72. The number of ketones is 1. The number of carbonyl (C=O) groups excluding carboxylic acids is 1. The molecular formula is C24H22ClF4N3O2. The largest absolute Gasteiger partial charge is 0.390 e. The Hall–Kier alpha value is -3.07. The highest BCUT2D eigenvalue weighted by atomic mass is 35.5. The molecule has 180 valence electrons. The van der Waals surface area contributed by atoms with Crippen LogP contribution in [0.15, 0.2) is 41.2 Å². The van der Waals surface area contributed by atoms with Gasteiger partial charge in [-0.2, -0.15) is 18.2 Å². The van der Waals surface area contributed by atoms with E-state index in [1.54, 1.807) is 25.1 Å². The predicted molar refractivity (Wildman–Crippen MR) is 121 cm³/mol. The number of aromatic amines is 1. The molecule has 0 saturated carbocycles. The number of aromatic nitrogens is 3. The molecule has 0 amide bonds. The van der Waals surface area contributed by atoms with Crippen molar-refractivity contribution in [3.63, 3.8) is 0 Å².